The van der Waals surface area contributed by atoms with Crippen molar-refractivity contribution in [2.24, 2.45) is 0 Å². The Morgan fingerprint density at radius 2 is 1.45 bits per heavy atom. The molecule has 0 radical (unpaired) electrons. The lowest BCUT2D eigenvalue weighted by Gasteiger charge is -2.22. The number of non-ortho nitro benzene ring substituents is 1. The van der Waals surface area contributed by atoms with E-state index in [2.05, 4.69) is 15.9 Å². The van der Waals surface area contributed by atoms with Gasteiger partial charge in [-0.15, -0.1) is 0 Å². The van der Waals surface area contributed by atoms with Crippen molar-refractivity contribution in [2.75, 3.05) is 9.76 Å². The molecule has 0 fully saturated rings. The molecule has 0 aliphatic heterocycles. The van der Waals surface area contributed by atoms with E-state index in [0.29, 0.717) is 5.69 Å². The van der Waals surface area contributed by atoms with Crippen LogP contribution in [0.1, 0.15) is 5.56 Å². The second-order valence-corrected chi connectivity index (χ2v) is 9.64. The molecular formula is C20H17BrN2O4S2. The highest BCUT2D eigenvalue weighted by Crippen LogP contribution is 2.32. The first-order chi connectivity index (χ1) is 13.8. The van der Waals surface area contributed by atoms with Crippen LogP contribution in [0.25, 0.3) is 0 Å². The summed E-state index contributed by atoms with van der Waals surface area (Å²) >= 11 is 4.72. The van der Waals surface area contributed by atoms with Crippen LogP contribution in [-0.4, -0.2) is 18.8 Å². The molecule has 0 heterocycles. The van der Waals surface area contributed by atoms with Gasteiger partial charge in [0.2, 0.25) is 0 Å². The van der Waals surface area contributed by atoms with E-state index in [4.69, 9.17) is 0 Å². The number of aryl methyl sites for hydroxylation is 1. The molecule has 0 saturated carbocycles. The number of hydrogen-bond donors (Lipinski definition) is 0. The number of nitrogens with zero attached hydrogens (tertiary/aromatic N) is 2. The quantitative estimate of drug-likeness (QED) is 0.185. The summed E-state index contributed by atoms with van der Waals surface area (Å²) in [5, 5.41) is 10.7. The minimum absolute atomic E-state index is 0.0407. The maximum atomic E-state index is 13.0. The monoisotopic (exact) mass is 492 g/mol. The molecule has 0 aromatic heterocycles. The number of anilines is 1. The Bertz CT molecular complexity index is 1100. The SMILES string of the molecule is Cc1ccc(S(=O)(=O)N(CBr)c2ccc(Sc3ccc([N+](=O)[O-])cc3)cc2)cc1. The van der Waals surface area contributed by atoms with E-state index < -0.39 is 14.9 Å². The highest BCUT2D eigenvalue weighted by Gasteiger charge is 2.24. The van der Waals surface area contributed by atoms with Crippen LogP contribution >= 0.6 is 27.7 Å². The molecule has 0 aliphatic rings. The first kappa shape index (κ1) is 21.4. The van der Waals surface area contributed by atoms with Gasteiger partial charge in [-0.1, -0.05) is 45.4 Å². The van der Waals surface area contributed by atoms with E-state index in [1.807, 2.05) is 19.1 Å². The Labute approximate surface area is 181 Å². The molecule has 0 saturated heterocycles. The zero-order valence-electron chi connectivity index (χ0n) is 15.4. The normalized spacial score (nSPS) is 11.2. The molecule has 6 nitrogen and oxygen atoms in total. The van der Waals surface area contributed by atoms with Crippen molar-refractivity contribution in [2.45, 2.75) is 21.6 Å². The Morgan fingerprint density at radius 1 is 0.931 bits per heavy atom. The summed E-state index contributed by atoms with van der Waals surface area (Å²) in [7, 11) is -3.69. The van der Waals surface area contributed by atoms with Crippen LogP contribution in [0.4, 0.5) is 11.4 Å². The van der Waals surface area contributed by atoms with Crippen molar-refractivity contribution in [3.63, 3.8) is 0 Å². The molecule has 0 spiro atoms. The smallest absolute Gasteiger partial charge is 0.258 e. The lowest BCUT2D eigenvalue weighted by atomic mass is 10.2. The predicted molar refractivity (Wildman–Crippen MR) is 118 cm³/mol. The van der Waals surface area contributed by atoms with Gasteiger partial charge < -0.3 is 0 Å². The zero-order chi connectivity index (χ0) is 21.0. The topological polar surface area (TPSA) is 80.5 Å². The van der Waals surface area contributed by atoms with E-state index in [1.165, 1.54) is 28.2 Å². The van der Waals surface area contributed by atoms with Crippen molar-refractivity contribution < 1.29 is 13.3 Å². The van der Waals surface area contributed by atoms with Crippen LogP contribution in [-0.2, 0) is 10.0 Å². The Morgan fingerprint density at radius 3 is 1.93 bits per heavy atom. The standard InChI is InChI=1S/C20H17BrN2O4S2/c1-15-2-12-20(13-3-15)29(26,27)22(14-21)16-4-8-18(9-5-16)28-19-10-6-17(7-11-19)23(24)25/h2-13H,14H2,1H3. The average Bonchev–Trinajstić information content (AvgIpc) is 2.70. The van der Waals surface area contributed by atoms with Gasteiger partial charge in [-0.3, -0.25) is 14.4 Å². The fraction of sp³-hybridized carbons (Fsp3) is 0.100. The highest BCUT2D eigenvalue weighted by molar-refractivity contribution is 9.09. The molecule has 9 heteroatoms. The minimum Gasteiger partial charge on any atom is -0.258 e. The van der Waals surface area contributed by atoms with E-state index in [0.717, 1.165) is 15.4 Å². The molecule has 0 atom stereocenters. The lowest BCUT2D eigenvalue weighted by Crippen LogP contribution is -2.29. The van der Waals surface area contributed by atoms with Crippen LogP contribution in [0.15, 0.2) is 87.5 Å². The van der Waals surface area contributed by atoms with Crippen molar-refractivity contribution in [1.29, 1.82) is 0 Å². The number of hydrogen-bond acceptors (Lipinski definition) is 5. The first-order valence-electron chi connectivity index (χ1n) is 8.49. The summed E-state index contributed by atoms with van der Waals surface area (Å²) in [5.74, 6) is 0. The Balaban J connectivity index is 1.80. The number of benzene rings is 3. The van der Waals surface area contributed by atoms with Crippen LogP contribution < -0.4 is 4.31 Å². The van der Waals surface area contributed by atoms with Gasteiger partial charge in [-0.2, -0.15) is 0 Å². The number of nitro benzene ring substituents is 1. The summed E-state index contributed by atoms with van der Waals surface area (Å²) in [4.78, 5) is 12.3. The number of alkyl halides is 1. The number of sulfonamides is 1. The molecule has 0 N–H and O–H groups in total. The van der Waals surface area contributed by atoms with Crippen molar-refractivity contribution >= 4 is 49.1 Å². The largest absolute Gasteiger partial charge is 0.269 e. The summed E-state index contributed by atoms with van der Waals surface area (Å²) in [6, 6.07) is 20.1. The Kier molecular flexibility index (Phi) is 6.61. The van der Waals surface area contributed by atoms with Crippen LogP contribution in [0, 0.1) is 17.0 Å². The molecule has 0 amide bonds. The second kappa shape index (κ2) is 8.98. The summed E-state index contributed by atoms with van der Waals surface area (Å²) in [6.45, 7) is 1.90. The molecular weight excluding hydrogens is 476 g/mol. The fourth-order valence-electron chi connectivity index (χ4n) is 2.56. The molecule has 29 heavy (non-hydrogen) atoms. The van der Waals surface area contributed by atoms with Crippen LogP contribution in [0.5, 0.6) is 0 Å². The lowest BCUT2D eigenvalue weighted by molar-refractivity contribution is -0.384. The van der Waals surface area contributed by atoms with Crippen LogP contribution in [0.2, 0.25) is 0 Å². The van der Waals surface area contributed by atoms with E-state index in [9.17, 15) is 18.5 Å². The van der Waals surface area contributed by atoms with Crippen LogP contribution in [0.3, 0.4) is 0 Å². The molecule has 0 aliphatic carbocycles. The van der Waals surface area contributed by atoms with Gasteiger partial charge in [0.1, 0.15) is 0 Å². The average molecular weight is 493 g/mol. The van der Waals surface area contributed by atoms with Gasteiger partial charge >= 0.3 is 0 Å². The van der Waals surface area contributed by atoms with Crippen molar-refractivity contribution in [3.05, 3.63) is 88.5 Å². The van der Waals surface area contributed by atoms with E-state index in [1.54, 1.807) is 48.5 Å². The molecule has 0 bridgehead atoms. The van der Waals surface area contributed by atoms with Gasteiger partial charge in [0.05, 0.1) is 21.0 Å². The van der Waals surface area contributed by atoms with Gasteiger partial charge in [0.15, 0.2) is 0 Å². The summed E-state index contributed by atoms with van der Waals surface area (Å²) in [5.41, 5.74) is 1.69. The molecule has 3 rings (SSSR count). The Hall–Kier alpha value is -2.36. The number of halogens is 1. The first-order valence-corrected chi connectivity index (χ1v) is 11.9. The third-order valence-electron chi connectivity index (χ3n) is 4.13. The minimum atomic E-state index is -3.69. The van der Waals surface area contributed by atoms with E-state index in [-0.39, 0.29) is 16.0 Å². The van der Waals surface area contributed by atoms with Gasteiger partial charge in [0.25, 0.3) is 15.7 Å². The second-order valence-electron chi connectivity index (χ2n) is 6.13. The third kappa shape index (κ3) is 4.98. The summed E-state index contributed by atoms with van der Waals surface area (Å²) in [6.07, 6.45) is 0. The summed E-state index contributed by atoms with van der Waals surface area (Å²) < 4.78 is 27.2. The highest BCUT2D eigenvalue weighted by atomic mass is 79.9. The fourth-order valence-corrected chi connectivity index (χ4v) is 5.74. The van der Waals surface area contributed by atoms with Crippen molar-refractivity contribution in [3.8, 4) is 0 Å². The van der Waals surface area contributed by atoms with Gasteiger partial charge in [-0.25, -0.2) is 8.42 Å². The maximum absolute atomic E-state index is 13.0. The van der Waals surface area contributed by atoms with Gasteiger partial charge in [-0.05, 0) is 55.5 Å². The third-order valence-corrected chi connectivity index (χ3v) is 7.76. The van der Waals surface area contributed by atoms with Crippen molar-refractivity contribution in [1.82, 2.24) is 0 Å². The van der Waals surface area contributed by atoms with Gasteiger partial charge in [0, 0.05) is 21.9 Å². The van der Waals surface area contributed by atoms with E-state index >= 15 is 0 Å². The molecule has 150 valence electrons. The maximum Gasteiger partial charge on any atom is 0.269 e. The molecule has 0 unspecified atom stereocenters. The zero-order valence-corrected chi connectivity index (χ0v) is 18.6. The number of nitro groups is 1. The number of rotatable bonds is 7. The molecule has 3 aromatic rings. The predicted octanol–water partition coefficient (Wildman–Crippen LogP) is 5.60. The molecule has 3 aromatic carbocycles.